The fourth-order valence-electron chi connectivity index (χ4n) is 2.77. The zero-order valence-corrected chi connectivity index (χ0v) is 16.6. The summed E-state index contributed by atoms with van der Waals surface area (Å²) in [5, 5.41) is 3.29. The Labute approximate surface area is 163 Å². The monoisotopic (exact) mass is 408 g/mol. The van der Waals surface area contributed by atoms with Gasteiger partial charge in [0, 0.05) is 16.6 Å². The Bertz CT molecular complexity index is 958. The second-order valence-corrected chi connectivity index (χ2v) is 8.70. The Hall–Kier alpha value is -2.25. The van der Waals surface area contributed by atoms with Crippen molar-refractivity contribution in [2.45, 2.75) is 30.7 Å². The van der Waals surface area contributed by atoms with E-state index < -0.39 is 10.0 Å². The highest BCUT2D eigenvalue weighted by Crippen LogP contribution is 2.32. The molecule has 0 unspecified atom stereocenters. The number of halogens is 1. The smallest absolute Gasteiger partial charge is 0.262 e. The Morgan fingerprint density at radius 1 is 1.22 bits per heavy atom. The lowest BCUT2D eigenvalue weighted by Gasteiger charge is -2.14. The maximum atomic E-state index is 12.8. The van der Waals surface area contributed by atoms with Gasteiger partial charge in [-0.3, -0.25) is 9.52 Å². The fraction of sp³-hybridized carbons (Fsp3) is 0.316. The molecule has 0 aromatic heterocycles. The molecule has 6 nitrogen and oxygen atoms in total. The summed E-state index contributed by atoms with van der Waals surface area (Å²) in [4.78, 5) is 12.4. The number of benzene rings is 2. The van der Waals surface area contributed by atoms with E-state index in [1.165, 1.54) is 25.3 Å². The van der Waals surface area contributed by atoms with Crippen molar-refractivity contribution in [3.63, 3.8) is 0 Å². The Morgan fingerprint density at radius 2 is 1.96 bits per heavy atom. The van der Waals surface area contributed by atoms with E-state index in [2.05, 4.69) is 10.0 Å². The minimum atomic E-state index is -3.92. The summed E-state index contributed by atoms with van der Waals surface area (Å²) >= 11 is 5.95. The average Bonchev–Trinajstić information content (AvgIpc) is 3.47. The van der Waals surface area contributed by atoms with Crippen LogP contribution in [0, 0.1) is 5.92 Å². The van der Waals surface area contributed by atoms with Crippen molar-refractivity contribution in [3.8, 4) is 5.75 Å². The van der Waals surface area contributed by atoms with E-state index in [1.807, 2.05) is 6.92 Å². The molecule has 0 spiro atoms. The molecule has 27 heavy (non-hydrogen) atoms. The number of nitrogens with one attached hydrogen (secondary N) is 2. The van der Waals surface area contributed by atoms with Crippen molar-refractivity contribution in [2.24, 2.45) is 5.92 Å². The van der Waals surface area contributed by atoms with Gasteiger partial charge in [-0.05, 0) is 62.1 Å². The SMILES string of the molecule is COc1ccc(Cl)cc1NS(=O)(=O)c1cccc(C(=O)N[C@@H](C)C2CC2)c1. The molecule has 1 saturated carbocycles. The Morgan fingerprint density at radius 3 is 2.63 bits per heavy atom. The molecule has 1 amide bonds. The van der Waals surface area contributed by atoms with Gasteiger partial charge in [-0.1, -0.05) is 17.7 Å². The number of sulfonamides is 1. The van der Waals surface area contributed by atoms with Gasteiger partial charge in [0.25, 0.3) is 15.9 Å². The van der Waals surface area contributed by atoms with Crippen LogP contribution in [0.5, 0.6) is 5.75 Å². The van der Waals surface area contributed by atoms with Gasteiger partial charge >= 0.3 is 0 Å². The summed E-state index contributed by atoms with van der Waals surface area (Å²) in [5.74, 6) is 0.569. The van der Waals surface area contributed by atoms with Gasteiger partial charge in [0.1, 0.15) is 5.75 Å². The lowest BCUT2D eigenvalue weighted by Crippen LogP contribution is -2.34. The lowest BCUT2D eigenvalue weighted by molar-refractivity contribution is 0.0935. The molecule has 1 atom stereocenters. The van der Waals surface area contributed by atoms with Gasteiger partial charge in [-0.15, -0.1) is 0 Å². The van der Waals surface area contributed by atoms with Gasteiger partial charge in [-0.2, -0.15) is 0 Å². The second-order valence-electron chi connectivity index (χ2n) is 6.58. The standard InChI is InChI=1S/C19H21ClN2O4S/c1-12(13-6-7-13)21-19(23)14-4-3-5-16(10-14)27(24,25)22-17-11-15(20)8-9-18(17)26-2/h3-5,8-13,22H,6-7H2,1-2H3,(H,21,23)/t12-/m0/s1. The number of amides is 1. The summed E-state index contributed by atoms with van der Waals surface area (Å²) in [6.07, 6.45) is 2.22. The maximum Gasteiger partial charge on any atom is 0.262 e. The summed E-state index contributed by atoms with van der Waals surface area (Å²) in [7, 11) is -2.48. The number of rotatable bonds is 7. The van der Waals surface area contributed by atoms with Crippen LogP contribution in [0.25, 0.3) is 0 Å². The zero-order chi connectivity index (χ0) is 19.6. The number of anilines is 1. The van der Waals surface area contributed by atoms with Crippen molar-refractivity contribution in [3.05, 3.63) is 53.1 Å². The summed E-state index contributed by atoms with van der Waals surface area (Å²) in [5.41, 5.74) is 0.519. The van der Waals surface area contributed by atoms with Crippen LogP contribution in [0.4, 0.5) is 5.69 Å². The quantitative estimate of drug-likeness (QED) is 0.731. The number of hydrogen-bond donors (Lipinski definition) is 2. The molecular weight excluding hydrogens is 388 g/mol. The molecule has 2 aromatic carbocycles. The van der Waals surface area contributed by atoms with E-state index in [0.717, 1.165) is 12.8 Å². The summed E-state index contributed by atoms with van der Waals surface area (Å²) in [6.45, 7) is 1.96. The summed E-state index contributed by atoms with van der Waals surface area (Å²) < 4.78 is 33.1. The molecule has 3 rings (SSSR count). The van der Waals surface area contributed by atoms with Crippen molar-refractivity contribution < 1.29 is 17.9 Å². The molecule has 0 radical (unpaired) electrons. The van der Waals surface area contributed by atoms with Gasteiger partial charge in [0.15, 0.2) is 0 Å². The van der Waals surface area contributed by atoms with E-state index in [-0.39, 0.29) is 22.5 Å². The van der Waals surface area contributed by atoms with E-state index in [4.69, 9.17) is 16.3 Å². The predicted molar refractivity (Wildman–Crippen MR) is 105 cm³/mol. The molecule has 2 N–H and O–H groups in total. The normalized spacial score (nSPS) is 15.1. The molecular formula is C19H21ClN2O4S. The van der Waals surface area contributed by atoms with Crippen LogP contribution < -0.4 is 14.8 Å². The van der Waals surface area contributed by atoms with E-state index >= 15 is 0 Å². The van der Waals surface area contributed by atoms with Crippen LogP contribution in [0.2, 0.25) is 5.02 Å². The third kappa shape index (κ3) is 4.73. The third-order valence-corrected chi connectivity index (χ3v) is 6.10. The first-order chi connectivity index (χ1) is 12.8. The van der Waals surface area contributed by atoms with E-state index in [9.17, 15) is 13.2 Å². The highest BCUT2D eigenvalue weighted by atomic mass is 35.5. The van der Waals surface area contributed by atoms with Crippen LogP contribution in [-0.2, 0) is 10.0 Å². The highest BCUT2D eigenvalue weighted by Gasteiger charge is 2.29. The number of carbonyl (C=O) groups excluding carboxylic acids is 1. The predicted octanol–water partition coefficient (Wildman–Crippen LogP) is 3.68. The van der Waals surface area contributed by atoms with Gasteiger partial charge < -0.3 is 10.1 Å². The van der Waals surface area contributed by atoms with Crippen LogP contribution in [0.1, 0.15) is 30.1 Å². The first-order valence-corrected chi connectivity index (χ1v) is 10.4. The van der Waals surface area contributed by atoms with Crippen molar-refractivity contribution in [1.29, 1.82) is 0 Å². The molecule has 0 bridgehead atoms. The summed E-state index contributed by atoms with van der Waals surface area (Å²) in [6, 6.07) is 10.6. The van der Waals surface area contributed by atoms with Crippen LogP contribution >= 0.6 is 11.6 Å². The minimum absolute atomic E-state index is 0.0174. The van der Waals surface area contributed by atoms with E-state index in [0.29, 0.717) is 22.3 Å². The molecule has 8 heteroatoms. The van der Waals surface area contributed by atoms with Crippen molar-refractivity contribution in [2.75, 3.05) is 11.8 Å². The van der Waals surface area contributed by atoms with Crippen LogP contribution in [0.3, 0.4) is 0 Å². The largest absolute Gasteiger partial charge is 0.495 e. The highest BCUT2D eigenvalue weighted by molar-refractivity contribution is 7.92. The van der Waals surface area contributed by atoms with Gasteiger partial charge in [0.2, 0.25) is 0 Å². The fourth-order valence-corrected chi connectivity index (χ4v) is 4.05. The third-order valence-electron chi connectivity index (χ3n) is 4.50. The van der Waals surface area contributed by atoms with Crippen LogP contribution in [-0.4, -0.2) is 27.5 Å². The average molecular weight is 409 g/mol. The van der Waals surface area contributed by atoms with Gasteiger partial charge in [-0.25, -0.2) is 8.42 Å². The van der Waals surface area contributed by atoms with Crippen molar-refractivity contribution in [1.82, 2.24) is 5.32 Å². The molecule has 2 aromatic rings. The van der Waals surface area contributed by atoms with Crippen molar-refractivity contribution >= 4 is 33.2 Å². The number of ether oxygens (including phenoxy) is 1. The Kier molecular flexibility index (Phi) is 5.62. The van der Waals surface area contributed by atoms with Crippen LogP contribution in [0.15, 0.2) is 47.4 Å². The first kappa shape index (κ1) is 19.5. The molecule has 0 saturated heterocycles. The number of hydrogen-bond acceptors (Lipinski definition) is 4. The van der Waals surface area contributed by atoms with E-state index in [1.54, 1.807) is 24.3 Å². The topological polar surface area (TPSA) is 84.5 Å². The maximum absolute atomic E-state index is 12.8. The number of carbonyl (C=O) groups is 1. The molecule has 1 fully saturated rings. The Balaban J connectivity index is 1.82. The second kappa shape index (κ2) is 7.78. The molecule has 0 heterocycles. The molecule has 0 aliphatic heterocycles. The number of methoxy groups -OCH3 is 1. The first-order valence-electron chi connectivity index (χ1n) is 8.57. The molecule has 144 valence electrons. The minimum Gasteiger partial charge on any atom is -0.495 e. The molecule has 1 aliphatic carbocycles. The lowest BCUT2D eigenvalue weighted by atomic mass is 10.1. The zero-order valence-electron chi connectivity index (χ0n) is 15.0. The van der Waals surface area contributed by atoms with Gasteiger partial charge in [0.05, 0.1) is 17.7 Å². The molecule has 1 aliphatic rings.